The highest BCUT2D eigenvalue weighted by Gasteiger charge is 2.29. The van der Waals surface area contributed by atoms with Gasteiger partial charge in [-0.05, 0) is 60.1 Å². The van der Waals surface area contributed by atoms with Crippen molar-refractivity contribution in [2.45, 2.75) is 44.6 Å². The van der Waals surface area contributed by atoms with Gasteiger partial charge in [-0.25, -0.2) is 13.1 Å². The van der Waals surface area contributed by atoms with Crippen molar-refractivity contribution in [2.24, 2.45) is 0 Å². The smallest absolute Gasteiger partial charge is 0.305 e. The number of aromatic nitrogens is 1. The van der Waals surface area contributed by atoms with Crippen LogP contribution in [-0.4, -0.2) is 37.4 Å². The summed E-state index contributed by atoms with van der Waals surface area (Å²) in [7, 11) is -2.27. The molecule has 0 fully saturated rings. The maximum Gasteiger partial charge on any atom is 0.305 e. The molecule has 0 radical (unpaired) electrons. The van der Waals surface area contributed by atoms with E-state index in [-0.39, 0.29) is 16.9 Å². The largest absolute Gasteiger partial charge is 0.469 e. The molecule has 0 aliphatic heterocycles. The fourth-order valence-corrected chi connectivity index (χ4v) is 6.30. The third-order valence-electron chi connectivity index (χ3n) is 6.16. The molecule has 35 heavy (non-hydrogen) atoms. The molecule has 0 spiro atoms. The summed E-state index contributed by atoms with van der Waals surface area (Å²) in [5, 5.41) is 0. The molecule has 0 amide bonds. The number of allylic oxidation sites excluding steroid dienone is 5. The Morgan fingerprint density at radius 2 is 2.06 bits per heavy atom. The van der Waals surface area contributed by atoms with Gasteiger partial charge in [0.15, 0.2) is 0 Å². The molecule has 1 unspecified atom stereocenters. The van der Waals surface area contributed by atoms with E-state index in [0.717, 1.165) is 34.2 Å². The fraction of sp³-hybridized carbons (Fsp3) is 0.296. The van der Waals surface area contributed by atoms with E-state index in [9.17, 15) is 13.2 Å². The number of fused-ring (bicyclic) bond motifs is 1. The van der Waals surface area contributed by atoms with Crippen molar-refractivity contribution in [1.82, 2.24) is 9.71 Å². The number of carbonyl (C=O) groups is 1. The normalized spacial score (nSPS) is 17.7. The van der Waals surface area contributed by atoms with Crippen molar-refractivity contribution in [3.05, 3.63) is 94.2 Å². The van der Waals surface area contributed by atoms with Gasteiger partial charge in [-0.2, -0.15) is 0 Å². The SMILES string of the molecule is COC(=O)CCCC=C(c1cccnc1)c1ccc2c(c1)CC(NS(=O)(=O)C1=CC=CCC1=S)C2. The summed E-state index contributed by atoms with van der Waals surface area (Å²) in [5.74, 6) is -0.215. The number of rotatable bonds is 9. The van der Waals surface area contributed by atoms with Crippen LogP contribution in [0.2, 0.25) is 0 Å². The predicted molar refractivity (Wildman–Crippen MR) is 141 cm³/mol. The van der Waals surface area contributed by atoms with Crippen LogP contribution in [-0.2, 0) is 32.4 Å². The Kier molecular flexibility index (Phi) is 8.05. The summed E-state index contributed by atoms with van der Waals surface area (Å²) in [6.07, 6.45) is 14.4. The quantitative estimate of drug-likeness (QED) is 0.306. The number of carbonyl (C=O) groups excluding carboxylic acids is 1. The zero-order valence-electron chi connectivity index (χ0n) is 19.6. The minimum absolute atomic E-state index is 0.195. The van der Waals surface area contributed by atoms with Crippen molar-refractivity contribution >= 4 is 38.6 Å². The number of esters is 1. The first-order chi connectivity index (χ1) is 16.9. The lowest BCUT2D eigenvalue weighted by Crippen LogP contribution is -2.37. The zero-order valence-corrected chi connectivity index (χ0v) is 21.2. The summed E-state index contributed by atoms with van der Waals surface area (Å²) >= 11 is 5.27. The number of thiocarbonyl (C=S) groups is 1. The Morgan fingerprint density at radius 3 is 2.80 bits per heavy atom. The minimum atomic E-state index is -3.67. The number of nitrogens with one attached hydrogen (secondary N) is 1. The molecule has 1 atom stereocenters. The van der Waals surface area contributed by atoms with Crippen LogP contribution in [0.4, 0.5) is 0 Å². The van der Waals surface area contributed by atoms with Crippen LogP contribution in [0, 0.1) is 0 Å². The van der Waals surface area contributed by atoms with E-state index in [2.05, 4.69) is 34.0 Å². The Bertz CT molecular complexity index is 1310. The molecule has 2 aromatic rings. The van der Waals surface area contributed by atoms with Crippen LogP contribution >= 0.6 is 12.2 Å². The lowest BCUT2D eigenvalue weighted by Gasteiger charge is -2.16. The number of benzene rings is 1. The van der Waals surface area contributed by atoms with Crippen LogP contribution < -0.4 is 4.72 Å². The molecule has 0 bridgehead atoms. The maximum absolute atomic E-state index is 12.9. The summed E-state index contributed by atoms with van der Waals surface area (Å²) in [6, 6.07) is 9.97. The average Bonchev–Trinajstić information content (AvgIpc) is 3.25. The lowest BCUT2D eigenvalue weighted by atomic mass is 9.95. The highest BCUT2D eigenvalue weighted by molar-refractivity contribution is 7.96. The molecule has 182 valence electrons. The van der Waals surface area contributed by atoms with E-state index >= 15 is 0 Å². The van der Waals surface area contributed by atoms with Gasteiger partial charge in [-0.15, -0.1) is 0 Å². The van der Waals surface area contributed by atoms with E-state index in [0.29, 0.717) is 37.0 Å². The van der Waals surface area contributed by atoms with Crippen LogP contribution in [0.5, 0.6) is 0 Å². The highest BCUT2D eigenvalue weighted by Crippen LogP contribution is 2.30. The molecule has 0 saturated heterocycles. The van der Waals surface area contributed by atoms with Crippen LogP contribution in [0.15, 0.2) is 71.9 Å². The number of unbranched alkanes of at least 4 members (excludes halogenated alkanes) is 1. The first kappa shape index (κ1) is 25.2. The monoisotopic (exact) mass is 508 g/mol. The molecular weight excluding hydrogens is 480 g/mol. The van der Waals surface area contributed by atoms with Gasteiger partial charge in [0.05, 0.1) is 12.0 Å². The summed E-state index contributed by atoms with van der Waals surface area (Å²) < 4.78 is 33.4. The topological polar surface area (TPSA) is 85.4 Å². The molecule has 2 aliphatic carbocycles. The van der Waals surface area contributed by atoms with Crippen LogP contribution in [0.25, 0.3) is 5.57 Å². The Morgan fingerprint density at radius 1 is 1.23 bits per heavy atom. The zero-order chi connectivity index (χ0) is 24.8. The van der Waals surface area contributed by atoms with Gasteiger partial charge in [0.1, 0.15) is 0 Å². The number of methoxy groups -OCH3 is 1. The van der Waals surface area contributed by atoms with Crippen LogP contribution in [0.1, 0.15) is 47.9 Å². The van der Waals surface area contributed by atoms with Gasteiger partial charge in [-0.3, -0.25) is 9.78 Å². The van der Waals surface area contributed by atoms with Gasteiger partial charge in [0, 0.05) is 41.7 Å². The molecule has 8 heteroatoms. The number of ether oxygens (including phenoxy) is 1. The number of sulfonamides is 1. The van der Waals surface area contributed by atoms with E-state index in [1.54, 1.807) is 18.3 Å². The molecule has 1 N–H and O–H groups in total. The predicted octanol–water partition coefficient (Wildman–Crippen LogP) is 4.46. The lowest BCUT2D eigenvalue weighted by molar-refractivity contribution is -0.140. The van der Waals surface area contributed by atoms with Gasteiger partial charge in [0.2, 0.25) is 10.0 Å². The van der Waals surface area contributed by atoms with Crippen molar-refractivity contribution in [3.63, 3.8) is 0 Å². The van der Waals surface area contributed by atoms with Crippen molar-refractivity contribution < 1.29 is 17.9 Å². The molecule has 6 nitrogen and oxygen atoms in total. The van der Waals surface area contributed by atoms with E-state index < -0.39 is 10.0 Å². The summed E-state index contributed by atoms with van der Waals surface area (Å²) in [4.78, 5) is 16.4. The molecule has 4 rings (SSSR count). The second kappa shape index (κ2) is 11.2. The van der Waals surface area contributed by atoms with Crippen molar-refractivity contribution in [2.75, 3.05) is 7.11 Å². The van der Waals surface area contributed by atoms with E-state index in [1.165, 1.54) is 7.11 Å². The fourth-order valence-electron chi connectivity index (χ4n) is 4.43. The highest BCUT2D eigenvalue weighted by atomic mass is 32.2. The Labute approximate surface area is 211 Å². The standard InChI is InChI=1S/C27H28N2O4S2/c1-33-27(30)11-5-2-8-24(21-7-6-14-28-18-21)20-13-12-19-16-23(17-22(19)15-20)29-35(31,32)26-10-4-3-9-25(26)34/h3-4,6-8,10,12-15,18,23,29H,2,5,9,11,16-17H2,1H3. The number of hydrogen-bond donors (Lipinski definition) is 1. The third kappa shape index (κ3) is 6.20. The third-order valence-corrected chi connectivity index (χ3v) is 8.28. The number of pyridine rings is 1. The first-order valence-electron chi connectivity index (χ1n) is 11.6. The molecule has 1 aromatic carbocycles. The molecule has 0 saturated carbocycles. The van der Waals surface area contributed by atoms with Gasteiger partial charge in [0.25, 0.3) is 0 Å². The van der Waals surface area contributed by atoms with Crippen molar-refractivity contribution in [3.8, 4) is 0 Å². The molecular formula is C27H28N2O4S2. The average molecular weight is 509 g/mol. The summed E-state index contributed by atoms with van der Waals surface area (Å²) in [5.41, 5.74) is 5.34. The maximum atomic E-state index is 12.9. The van der Waals surface area contributed by atoms with Gasteiger partial charge in [-0.1, -0.05) is 54.7 Å². The summed E-state index contributed by atoms with van der Waals surface area (Å²) in [6.45, 7) is 0. The van der Waals surface area contributed by atoms with Crippen LogP contribution in [0.3, 0.4) is 0 Å². The molecule has 2 aliphatic rings. The minimum Gasteiger partial charge on any atom is -0.469 e. The molecule has 1 heterocycles. The molecule has 1 aromatic heterocycles. The van der Waals surface area contributed by atoms with Crippen molar-refractivity contribution in [1.29, 1.82) is 0 Å². The number of hydrogen-bond acceptors (Lipinski definition) is 6. The first-order valence-corrected chi connectivity index (χ1v) is 13.5. The van der Waals surface area contributed by atoms with Gasteiger partial charge >= 0.3 is 5.97 Å². The Hall–Kier alpha value is -2.94. The van der Waals surface area contributed by atoms with E-state index in [4.69, 9.17) is 17.0 Å². The Balaban J connectivity index is 1.52. The number of nitrogens with zero attached hydrogens (tertiary/aromatic N) is 1. The second-order valence-corrected chi connectivity index (χ2v) is 10.8. The second-order valence-electron chi connectivity index (χ2n) is 8.62. The van der Waals surface area contributed by atoms with E-state index in [1.807, 2.05) is 24.4 Å². The van der Waals surface area contributed by atoms with Gasteiger partial charge < -0.3 is 4.74 Å².